The molecule has 3 N–H and O–H groups in total. The number of anilines is 3. The monoisotopic (exact) mass is 467 g/mol. The van der Waals surface area contributed by atoms with Crippen molar-refractivity contribution in [3.8, 4) is 11.1 Å². The molecule has 6 rings (SSSR count). The second kappa shape index (κ2) is 8.09. The van der Waals surface area contributed by atoms with Gasteiger partial charge in [0.2, 0.25) is 0 Å². The van der Waals surface area contributed by atoms with Gasteiger partial charge in [0.15, 0.2) is 0 Å². The van der Waals surface area contributed by atoms with Gasteiger partial charge in [0.1, 0.15) is 11.5 Å². The molecule has 5 heterocycles. The number of hydrogen-bond donors (Lipinski definition) is 3. The Morgan fingerprint density at radius 3 is 2.60 bits per heavy atom. The van der Waals surface area contributed by atoms with Crippen LogP contribution in [0.2, 0.25) is 0 Å². The predicted molar refractivity (Wildman–Crippen MR) is 139 cm³/mol. The molecule has 2 aliphatic heterocycles. The number of piperazine rings is 1. The number of nitrogens with zero attached hydrogens (tertiary/aromatic N) is 4. The predicted octanol–water partition coefficient (Wildman–Crippen LogP) is 3.77. The van der Waals surface area contributed by atoms with E-state index in [2.05, 4.69) is 49.0 Å². The molecule has 4 aromatic rings. The number of nitrogens with one attached hydrogen (secondary N) is 3. The van der Waals surface area contributed by atoms with E-state index in [1.807, 2.05) is 62.3 Å². The first kappa shape index (κ1) is 21.6. The van der Waals surface area contributed by atoms with E-state index in [9.17, 15) is 4.79 Å². The van der Waals surface area contributed by atoms with Crippen LogP contribution in [0.4, 0.5) is 17.2 Å². The largest absolute Gasteiger partial charge is 0.368 e. The minimum Gasteiger partial charge on any atom is -0.368 e. The highest BCUT2D eigenvalue weighted by molar-refractivity contribution is 6.09. The maximum Gasteiger partial charge on any atom is 0.254 e. The molecule has 0 atom stereocenters. The van der Waals surface area contributed by atoms with Gasteiger partial charge < -0.3 is 25.4 Å². The highest BCUT2D eigenvalue weighted by atomic mass is 16.2. The lowest BCUT2D eigenvalue weighted by Gasteiger charge is -2.29. The SMILES string of the molecule is Cn1ccc2c(-c3ccc(Nc4ccc(N5CCNCC5)cn4)c4c3C(C)(C)NC4=O)ccnc21. The maximum absolute atomic E-state index is 13.2. The van der Waals surface area contributed by atoms with Gasteiger partial charge in [-0.2, -0.15) is 0 Å². The molecule has 0 aliphatic carbocycles. The summed E-state index contributed by atoms with van der Waals surface area (Å²) in [6.45, 7) is 8.01. The van der Waals surface area contributed by atoms with Crippen LogP contribution < -0.4 is 20.9 Å². The first-order valence-electron chi connectivity index (χ1n) is 12.0. The Morgan fingerprint density at radius 1 is 1.00 bits per heavy atom. The molecule has 35 heavy (non-hydrogen) atoms. The average Bonchev–Trinajstić information content (AvgIpc) is 3.36. The fourth-order valence-corrected chi connectivity index (χ4v) is 5.33. The second-order valence-electron chi connectivity index (χ2n) is 9.78. The van der Waals surface area contributed by atoms with Crippen LogP contribution in [-0.4, -0.2) is 46.6 Å². The molecule has 1 saturated heterocycles. The maximum atomic E-state index is 13.2. The molecule has 8 heteroatoms. The third-order valence-corrected chi connectivity index (χ3v) is 7.03. The first-order chi connectivity index (χ1) is 16.9. The summed E-state index contributed by atoms with van der Waals surface area (Å²) in [4.78, 5) is 24.7. The first-order valence-corrected chi connectivity index (χ1v) is 12.0. The van der Waals surface area contributed by atoms with E-state index < -0.39 is 5.54 Å². The van der Waals surface area contributed by atoms with E-state index in [0.29, 0.717) is 11.4 Å². The van der Waals surface area contributed by atoms with E-state index in [0.717, 1.165) is 65.3 Å². The molecule has 178 valence electrons. The summed E-state index contributed by atoms with van der Waals surface area (Å²) in [5.41, 5.74) is 6.04. The molecule has 0 radical (unpaired) electrons. The van der Waals surface area contributed by atoms with Crippen molar-refractivity contribution in [2.75, 3.05) is 36.4 Å². The molecular formula is C27H29N7O. The van der Waals surface area contributed by atoms with Gasteiger partial charge in [-0.3, -0.25) is 4.79 Å². The summed E-state index contributed by atoms with van der Waals surface area (Å²) in [7, 11) is 1.99. The Hall–Kier alpha value is -3.91. The minimum atomic E-state index is -0.511. The zero-order valence-corrected chi connectivity index (χ0v) is 20.2. The zero-order chi connectivity index (χ0) is 24.2. The summed E-state index contributed by atoms with van der Waals surface area (Å²) < 4.78 is 2.01. The van der Waals surface area contributed by atoms with Crippen LogP contribution in [0.25, 0.3) is 22.2 Å². The zero-order valence-electron chi connectivity index (χ0n) is 20.2. The Balaban J connectivity index is 1.41. The minimum absolute atomic E-state index is 0.0786. The summed E-state index contributed by atoms with van der Waals surface area (Å²) in [6.07, 6.45) is 5.74. The molecular weight excluding hydrogens is 438 g/mol. The molecule has 0 bridgehead atoms. The smallest absolute Gasteiger partial charge is 0.254 e. The van der Waals surface area contributed by atoms with Crippen molar-refractivity contribution >= 4 is 34.1 Å². The van der Waals surface area contributed by atoms with Gasteiger partial charge >= 0.3 is 0 Å². The lowest BCUT2D eigenvalue weighted by atomic mass is 9.85. The highest BCUT2D eigenvalue weighted by Gasteiger charge is 2.39. The van der Waals surface area contributed by atoms with Crippen molar-refractivity contribution in [1.82, 2.24) is 25.2 Å². The van der Waals surface area contributed by atoms with Gasteiger partial charge in [0, 0.05) is 51.0 Å². The second-order valence-corrected chi connectivity index (χ2v) is 9.78. The van der Waals surface area contributed by atoms with Gasteiger partial charge in [-0.25, -0.2) is 9.97 Å². The fraction of sp³-hybridized carbons (Fsp3) is 0.296. The Kier molecular flexibility index (Phi) is 5.00. The quantitative estimate of drug-likeness (QED) is 0.424. The number of fused-ring (bicyclic) bond motifs is 2. The van der Waals surface area contributed by atoms with E-state index in [4.69, 9.17) is 0 Å². The number of benzene rings is 1. The number of carbonyl (C=O) groups is 1. The van der Waals surface area contributed by atoms with Gasteiger partial charge in [0.25, 0.3) is 5.91 Å². The Labute approximate surface area is 204 Å². The van der Waals surface area contributed by atoms with Crippen molar-refractivity contribution in [3.63, 3.8) is 0 Å². The van der Waals surface area contributed by atoms with Crippen molar-refractivity contribution < 1.29 is 4.79 Å². The molecule has 1 fully saturated rings. The summed E-state index contributed by atoms with van der Waals surface area (Å²) >= 11 is 0. The molecule has 8 nitrogen and oxygen atoms in total. The van der Waals surface area contributed by atoms with Crippen LogP contribution in [0.5, 0.6) is 0 Å². The lowest BCUT2D eigenvalue weighted by Crippen LogP contribution is -2.43. The number of amides is 1. The van der Waals surface area contributed by atoms with Crippen LogP contribution in [-0.2, 0) is 12.6 Å². The van der Waals surface area contributed by atoms with Gasteiger partial charge in [0.05, 0.1) is 28.7 Å². The standard InChI is InChI=1S/C27H29N7O/c1-27(2)24-19(18-8-10-29-25-20(18)9-13-33(25)3)5-6-21(23(24)26(35)32-27)31-22-7-4-17(16-30-22)34-14-11-28-12-15-34/h4-10,13,16,28H,11-12,14-15H2,1-3H3,(H,30,31)(H,32,35). The van der Waals surface area contributed by atoms with Crippen LogP contribution >= 0.6 is 0 Å². The number of pyridine rings is 2. The fourth-order valence-electron chi connectivity index (χ4n) is 5.33. The van der Waals surface area contributed by atoms with Crippen molar-refractivity contribution in [1.29, 1.82) is 0 Å². The highest BCUT2D eigenvalue weighted by Crippen LogP contribution is 2.44. The normalized spacial score (nSPS) is 16.9. The van der Waals surface area contributed by atoms with Crippen LogP contribution in [0.15, 0.2) is 55.0 Å². The summed E-state index contributed by atoms with van der Waals surface area (Å²) in [5.74, 6) is 0.635. The third-order valence-electron chi connectivity index (χ3n) is 7.03. The van der Waals surface area contributed by atoms with Gasteiger partial charge in [-0.05, 0) is 60.9 Å². The van der Waals surface area contributed by atoms with Crippen molar-refractivity contribution in [2.24, 2.45) is 7.05 Å². The van der Waals surface area contributed by atoms with E-state index >= 15 is 0 Å². The van der Waals surface area contributed by atoms with Crippen LogP contribution in [0, 0.1) is 0 Å². The van der Waals surface area contributed by atoms with Crippen LogP contribution in [0.3, 0.4) is 0 Å². The summed E-state index contributed by atoms with van der Waals surface area (Å²) in [6, 6.07) is 12.3. The average molecular weight is 468 g/mol. The molecule has 2 aliphatic rings. The molecule has 0 spiro atoms. The van der Waals surface area contributed by atoms with Crippen molar-refractivity contribution in [3.05, 3.63) is 66.1 Å². The Bertz CT molecular complexity index is 1430. The lowest BCUT2D eigenvalue weighted by molar-refractivity contribution is 0.0941. The van der Waals surface area contributed by atoms with Gasteiger partial charge in [-0.15, -0.1) is 0 Å². The third kappa shape index (κ3) is 3.61. The molecule has 1 amide bonds. The number of aromatic nitrogens is 3. The van der Waals surface area contributed by atoms with Gasteiger partial charge in [-0.1, -0.05) is 6.07 Å². The Morgan fingerprint density at radius 2 is 1.83 bits per heavy atom. The number of rotatable bonds is 4. The molecule has 3 aromatic heterocycles. The number of hydrogen-bond acceptors (Lipinski definition) is 6. The molecule has 0 unspecified atom stereocenters. The molecule has 0 saturated carbocycles. The topological polar surface area (TPSA) is 87.1 Å². The molecule has 1 aromatic carbocycles. The van der Waals surface area contributed by atoms with Crippen LogP contribution in [0.1, 0.15) is 29.8 Å². The van der Waals surface area contributed by atoms with E-state index in [1.165, 1.54) is 0 Å². The summed E-state index contributed by atoms with van der Waals surface area (Å²) in [5, 5.41) is 11.0. The number of aryl methyl sites for hydroxylation is 1. The number of carbonyl (C=O) groups excluding carboxylic acids is 1. The van der Waals surface area contributed by atoms with Crippen molar-refractivity contribution in [2.45, 2.75) is 19.4 Å². The van der Waals surface area contributed by atoms with E-state index in [-0.39, 0.29) is 5.91 Å². The van der Waals surface area contributed by atoms with E-state index in [1.54, 1.807) is 0 Å².